The first-order valence-electron chi connectivity index (χ1n) is 10.2. The van der Waals surface area contributed by atoms with Crippen molar-refractivity contribution in [3.63, 3.8) is 0 Å². The molecule has 0 radical (unpaired) electrons. The number of piperazine rings is 1. The Morgan fingerprint density at radius 3 is 2.72 bits per heavy atom. The molecule has 2 atom stereocenters. The van der Waals surface area contributed by atoms with Crippen molar-refractivity contribution < 1.29 is 18.0 Å². The number of hydrogen-bond donors (Lipinski definition) is 2. The molecule has 1 aromatic carbocycles. The van der Waals surface area contributed by atoms with Crippen LogP contribution < -0.4 is 15.5 Å². The number of pyridine rings is 1. The van der Waals surface area contributed by atoms with Gasteiger partial charge in [-0.15, -0.1) is 0 Å². The number of alkyl halides is 2. The summed E-state index contributed by atoms with van der Waals surface area (Å²) in [5, 5.41) is 6.63. The zero-order chi connectivity index (χ0) is 23.0. The van der Waals surface area contributed by atoms with Gasteiger partial charge in [-0.05, 0) is 26.8 Å². The van der Waals surface area contributed by atoms with Crippen LogP contribution in [0.3, 0.4) is 0 Å². The number of rotatable bonds is 5. The fourth-order valence-electron chi connectivity index (χ4n) is 3.88. The van der Waals surface area contributed by atoms with E-state index in [4.69, 9.17) is 0 Å². The van der Waals surface area contributed by atoms with Gasteiger partial charge in [0.25, 0.3) is 6.43 Å². The molecule has 0 saturated carbocycles. The molecule has 168 valence electrons. The molecular formula is C22H23F3N6O. The molecule has 1 saturated heterocycles. The van der Waals surface area contributed by atoms with E-state index in [0.29, 0.717) is 34.9 Å². The van der Waals surface area contributed by atoms with Gasteiger partial charge in [-0.3, -0.25) is 4.79 Å². The summed E-state index contributed by atoms with van der Waals surface area (Å²) in [6.07, 6.45) is -1.30. The summed E-state index contributed by atoms with van der Waals surface area (Å²) in [5.41, 5.74) is 0.0548. The molecule has 0 unspecified atom stereocenters. The highest BCUT2D eigenvalue weighted by Gasteiger charge is 2.24. The summed E-state index contributed by atoms with van der Waals surface area (Å²) in [4.78, 5) is 27.1. The van der Waals surface area contributed by atoms with Gasteiger partial charge < -0.3 is 15.5 Å². The van der Waals surface area contributed by atoms with Crippen molar-refractivity contribution in [3.8, 4) is 0 Å². The van der Waals surface area contributed by atoms with Crippen molar-refractivity contribution in [2.24, 2.45) is 0 Å². The SMILES string of the molecule is Cc1nc(N[C@H](C)c2cccc(C(F)F)c2F)c2cc(N3CC(=O)N[C@H](C)C3)ncc2n1. The van der Waals surface area contributed by atoms with E-state index in [-0.39, 0.29) is 24.1 Å². The van der Waals surface area contributed by atoms with Crippen LogP contribution in [0.2, 0.25) is 0 Å². The van der Waals surface area contributed by atoms with Crippen molar-refractivity contribution in [3.05, 3.63) is 53.2 Å². The summed E-state index contributed by atoms with van der Waals surface area (Å²) < 4.78 is 40.9. The zero-order valence-electron chi connectivity index (χ0n) is 17.9. The lowest BCUT2D eigenvalue weighted by atomic mass is 10.0. The Balaban J connectivity index is 1.70. The number of fused-ring (bicyclic) bond motifs is 1. The largest absolute Gasteiger partial charge is 0.363 e. The van der Waals surface area contributed by atoms with E-state index in [0.717, 1.165) is 6.07 Å². The summed E-state index contributed by atoms with van der Waals surface area (Å²) in [6, 6.07) is 5.08. The predicted octanol–water partition coefficient (Wildman–Crippen LogP) is 3.91. The first-order valence-corrected chi connectivity index (χ1v) is 10.2. The number of amides is 1. The average Bonchev–Trinajstić information content (AvgIpc) is 2.72. The maximum Gasteiger partial charge on any atom is 0.266 e. The minimum atomic E-state index is -2.90. The summed E-state index contributed by atoms with van der Waals surface area (Å²) >= 11 is 0. The highest BCUT2D eigenvalue weighted by atomic mass is 19.3. The monoisotopic (exact) mass is 444 g/mol. The maximum atomic E-state index is 14.6. The first kappa shape index (κ1) is 21.8. The van der Waals surface area contributed by atoms with Crippen molar-refractivity contribution in [1.29, 1.82) is 0 Å². The van der Waals surface area contributed by atoms with Gasteiger partial charge >= 0.3 is 0 Å². The second kappa shape index (κ2) is 8.60. The summed E-state index contributed by atoms with van der Waals surface area (Å²) in [5.74, 6) is 0.475. The van der Waals surface area contributed by atoms with Crippen molar-refractivity contribution >= 4 is 28.4 Å². The van der Waals surface area contributed by atoms with E-state index in [1.54, 1.807) is 26.1 Å². The molecule has 3 heterocycles. The Labute approximate surface area is 183 Å². The fourth-order valence-corrected chi connectivity index (χ4v) is 3.88. The number of hydrogen-bond acceptors (Lipinski definition) is 6. The Kier molecular flexibility index (Phi) is 5.86. The molecule has 2 aromatic heterocycles. The molecule has 0 spiro atoms. The van der Waals surface area contributed by atoms with Crippen LogP contribution in [0, 0.1) is 12.7 Å². The molecular weight excluding hydrogens is 421 g/mol. The fraction of sp³-hybridized carbons (Fsp3) is 0.364. The van der Waals surface area contributed by atoms with Crippen LogP contribution in [0.15, 0.2) is 30.5 Å². The quantitative estimate of drug-likeness (QED) is 0.621. The van der Waals surface area contributed by atoms with E-state index >= 15 is 0 Å². The number of nitrogens with zero attached hydrogens (tertiary/aromatic N) is 4. The van der Waals surface area contributed by atoms with Crippen LogP contribution in [-0.2, 0) is 4.79 Å². The first-order chi connectivity index (χ1) is 15.2. The molecule has 1 aliphatic rings. The summed E-state index contributed by atoms with van der Waals surface area (Å²) in [7, 11) is 0. The molecule has 1 fully saturated rings. The highest BCUT2D eigenvalue weighted by molar-refractivity contribution is 5.91. The van der Waals surface area contributed by atoms with E-state index in [1.807, 2.05) is 11.8 Å². The number of aryl methyl sites for hydroxylation is 1. The molecule has 2 N–H and O–H groups in total. The molecule has 3 aromatic rings. The predicted molar refractivity (Wildman–Crippen MR) is 115 cm³/mol. The number of nitrogens with one attached hydrogen (secondary N) is 2. The third-order valence-electron chi connectivity index (χ3n) is 5.35. The maximum absolute atomic E-state index is 14.6. The molecule has 7 nitrogen and oxygen atoms in total. The Hall–Kier alpha value is -3.43. The van der Waals surface area contributed by atoms with Crippen molar-refractivity contribution in [2.45, 2.75) is 39.3 Å². The minimum absolute atomic E-state index is 0.0225. The Bertz CT molecular complexity index is 1170. The number of benzene rings is 1. The lowest BCUT2D eigenvalue weighted by Crippen LogP contribution is -2.53. The van der Waals surface area contributed by atoms with Crippen LogP contribution in [-0.4, -0.2) is 40.0 Å². The van der Waals surface area contributed by atoms with Gasteiger partial charge in [0.05, 0.1) is 29.9 Å². The number of aromatic nitrogens is 3. The molecule has 0 aliphatic carbocycles. The second-order valence-corrected chi connectivity index (χ2v) is 7.95. The second-order valence-electron chi connectivity index (χ2n) is 7.95. The Morgan fingerprint density at radius 1 is 1.25 bits per heavy atom. The molecule has 1 aliphatic heterocycles. The molecule has 1 amide bonds. The smallest absolute Gasteiger partial charge is 0.266 e. The topological polar surface area (TPSA) is 83.0 Å². The number of carbonyl (C=O) groups excluding carboxylic acids is 1. The number of anilines is 2. The highest BCUT2D eigenvalue weighted by Crippen LogP contribution is 2.31. The van der Waals surface area contributed by atoms with Crippen LogP contribution in [0.1, 0.15) is 43.3 Å². The van der Waals surface area contributed by atoms with Gasteiger partial charge in [-0.2, -0.15) is 0 Å². The van der Waals surface area contributed by atoms with Crippen LogP contribution >= 0.6 is 0 Å². The van der Waals surface area contributed by atoms with E-state index in [2.05, 4.69) is 25.6 Å². The molecule has 0 bridgehead atoms. The van der Waals surface area contributed by atoms with Crippen molar-refractivity contribution in [2.75, 3.05) is 23.3 Å². The number of carbonyl (C=O) groups is 1. The average molecular weight is 444 g/mol. The van der Waals surface area contributed by atoms with Gasteiger partial charge in [0.15, 0.2) is 0 Å². The van der Waals surface area contributed by atoms with E-state index < -0.39 is 23.8 Å². The number of halogens is 3. The molecule has 10 heteroatoms. The van der Waals surface area contributed by atoms with Crippen molar-refractivity contribution in [1.82, 2.24) is 20.3 Å². The van der Waals surface area contributed by atoms with Crippen LogP contribution in [0.25, 0.3) is 10.9 Å². The van der Waals surface area contributed by atoms with Gasteiger partial charge in [0.1, 0.15) is 23.3 Å². The van der Waals surface area contributed by atoms with Gasteiger partial charge in [-0.25, -0.2) is 28.1 Å². The van der Waals surface area contributed by atoms with E-state index in [1.165, 1.54) is 12.1 Å². The lowest BCUT2D eigenvalue weighted by molar-refractivity contribution is -0.121. The molecule has 4 rings (SSSR count). The normalized spacial score (nSPS) is 17.5. The summed E-state index contributed by atoms with van der Waals surface area (Å²) in [6.45, 7) is 6.09. The van der Waals surface area contributed by atoms with Gasteiger partial charge in [0.2, 0.25) is 5.91 Å². The standard InChI is InChI=1S/C22H23F3N6O/c1-11-9-31(10-19(32)27-11)18-7-16-17(8-26-18)29-13(3)30-22(16)28-12(2)14-5-4-6-15(20(14)23)21(24)25/h4-8,11-12,21H,9-10H2,1-3H3,(H,27,32)(H,28,29,30)/t11-,12-/m1/s1. The Morgan fingerprint density at radius 2 is 2.00 bits per heavy atom. The van der Waals surface area contributed by atoms with Gasteiger partial charge in [-0.1, -0.05) is 18.2 Å². The zero-order valence-corrected chi connectivity index (χ0v) is 17.9. The minimum Gasteiger partial charge on any atom is -0.363 e. The van der Waals surface area contributed by atoms with Gasteiger partial charge in [0, 0.05) is 23.5 Å². The van der Waals surface area contributed by atoms with Crippen LogP contribution in [0.4, 0.5) is 24.8 Å². The molecule has 32 heavy (non-hydrogen) atoms. The lowest BCUT2D eigenvalue weighted by Gasteiger charge is -2.32. The van der Waals surface area contributed by atoms with Crippen LogP contribution in [0.5, 0.6) is 0 Å². The third kappa shape index (κ3) is 4.30. The third-order valence-corrected chi connectivity index (χ3v) is 5.35. The van der Waals surface area contributed by atoms with E-state index in [9.17, 15) is 18.0 Å².